The van der Waals surface area contributed by atoms with Gasteiger partial charge in [0.2, 0.25) is 0 Å². The first kappa shape index (κ1) is 17.0. The van der Waals surface area contributed by atoms with E-state index >= 15 is 0 Å². The first-order chi connectivity index (χ1) is 11.9. The topological polar surface area (TPSA) is 63.6 Å². The lowest BCUT2D eigenvalue weighted by Gasteiger charge is -2.15. The van der Waals surface area contributed by atoms with Crippen LogP contribution in [0.15, 0.2) is 71.6 Å². The van der Waals surface area contributed by atoms with Crippen molar-refractivity contribution in [3.63, 3.8) is 0 Å². The number of rotatable bonds is 4. The highest BCUT2D eigenvalue weighted by Crippen LogP contribution is 2.42. The lowest BCUT2D eigenvalue weighted by molar-refractivity contribution is 0.416. The van der Waals surface area contributed by atoms with Crippen molar-refractivity contribution in [1.29, 1.82) is 0 Å². The minimum atomic E-state index is -3.25. The highest BCUT2D eigenvalue weighted by atomic mass is 32.2. The van der Waals surface area contributed by atoms with Crippen LogP contribution in [-0.4, -0.2) is 26.9 Å². The zero-order valence-corrected chi connectivity index (χ0v) is 14.7. The number of para-hydroxylation sites is 1. The van der Waals surface area contributed by atoms with Gasteiger partial charge in [-0.3, -0.25) is 0 Å². The predicted octanol–water partition coefficient (Wildman–Crippen LogP) is 4.14. The van der Waals surface area contributed by atoms with Crippen molar-refractivity contribution >= 4 is 9.84 Å². The maximum atomic E-state index is 11.7. The fraction of sp³-hybridized carbons (Fsp3) is 0.100. The number of phenols is 1. The van der Waals surface area contributed by atoms with Gasteiger partial charge in [-0.1, -0.05) is 42.5 Å². The summed E-state index contributed by atoms with van der Waals surface area (Å²) in [5.41, 5.74) is 3.02. The third-order valence-electron chi connectivity index (χ3n) is 4.01. The molecule has 25 heavy (non-hydrogen) atoms. The first-order valence-electron chi connectivity index (χ1n) is 7.67. The zero-order chi connectivity index (χ0) is 18.0. The molecule has 0 bridgehead atoms. The van der Waals surface area contributed by atoms with Crippen LogP contribution in [0.2, 0.25) is 0 Å². The first-order valence-corrected chi connectivity index (χ1v) is 9.57. The molecule has 0 fully saturated rings. The molecule has 0 heterocycles. The summed E-state index contributed by atoms with van der Waals surface area (Å²) in [7, 11) is -1.67. The summed E-state index contributed by atoms with van der Waals surface area (Å²) >= 11 is 0. The van der Waals surface area contributed by atoms with E-state index in [2.05, 4.69) is 0 Å². The van der Waals surface area contributed by atoms with Crippen molar-refractivity contribution in [3.8, 4) is 33.8 Å². The van der Waals surface area contributed by atoms with E-state index in [9.17, 15) is 13.5 Å². The van der Waals surface area contributed by atoms with Crippen molar-refractivity contribution in [3.05, 3.63) is 66.7 Å². The van der Waals surface area contributed by atoms with Gasteiger partial charge in [0.1, 0.15) is 11.5 Å². The summed E-state index contributed by atoms with van der Waals surface area (Å²) in [5.74, 6) is 0.784. The number of ether oxygens (including phenoxy) is 1. The van der Waals surface area contributed by atoms with Crippen LogP contribution in [0.4, 0.5) is 0 Å². The molecule has 3 rings (SSSR count). The van der Waals surface area contributed by atoms with Crippen LogP contribution in [0.3, 0.4) is 0 Å². The Morgan fingerprint density at radius 1 is 0.840 bits per heavy atom. The van der Waals surface area contributed by atoms with Gasteiger partial charge in [0.15, 0.2) is 9.84 Å². The molecule has 0 saturated carbocycles. The average Bonchev–Trinajstić information content (AvgIpc) is 2.61. The number of aromatic hydroxyl groups is 1. The quantitative estimate of drug-likeness (QED) is 0.765. The Morgan fingerprint density at radius 3 is 2.12 bits per heavy atom. The molecule has 3 aromatic carbocycles. The second-order valence-corrected chi connectivity index (χ2v) is 7.71. The van der Waals surface area contributed by atoms with Crippen LogP contribution in [0.5, 0.6) is 11.5 Å². The predicted molar refractivity (Wildman–Crippen MR) is 98.6 cm³/mol. The Hall–Kier alpha value is -2.79. The average molecular weight is 354 g/mol. The van der Waals surface area contributed by atoms with Crippen LogP contribution in [0.25, 0.3) is 22.3 Å². The van der Waals surface area contributed by atoms with Gasteiger partial charge in [0.05, 0.1) is 12.0 Å². The molecule has 0 aliphatic heterocycles. The van der Waals surface area contributed by atoms with Gasteiger partial charge in [0.25, 0.3) is 0 Å². The second kappa shape index (κ2) is 6.61. The number of phenolic OH excluding ortho intramolecular Hbond substituents is 1. The van der Waals surface area contributed by atoms with Crippen molar-refractivity contribution in [2.24, 2.45) is 0 Å². The van der Waals surface area contributed by atoms with Crippen molar-refractivity contribution in [2.75, 3.05) is 13.4 Å². The number of benzene rings is 3. The number of methoxy groups -OCH3 is 1. The van der Waals surface area contributed by atoms with E-state index in [4.69, 9.17) is 4.74 Å². The standard InChI is InChI=1S/C20H18O4S/c1-24-19-9-4-3-6-17(19)20-16(7-5-8-18(20)21)14-10-12-15(13-11-14)25(2,22)23/h3-13,21H,1-2H3. The number of hydrogen-bond donors (Lipinski definition) is 1. The molecule has 3 aromatic rings. The van der Waals surface area contributed by atoms with E-state index in [1.165, 1.54) is 6.26 Å². The van der Waals surface area contributed by atoms with Crippen LogP contribution < -0.4 is 4.74 Å². The molecule has 0 aliphatic carbocycles. The lowest BCUT2D eigenvalue weighted by atomic mass is 9.93. The summed E-state index contributed by atoms with van der Waals surface area (Å²) in [6.07, 6.45) is 1.18. The van der Waals surface area contributed by atoms with E-state index in [0.717, 1.165) is 16.7 Å². The van der Waals surface area contributed by atoms with E-state index in [1.807, 2.05) is 30.3 Å². The van der Waals surface area contributed by atoms with Crippen molar-refractivity contribution in [1.82, 2.24) is 0 Å². The molecule has 0 amide bonds. The molecule has 0 aliphatic rings. The Balaban J connectivity index is 2.20. The summed E-state index contributed by atoms with van der Waals surface area (Å²) < 4.78 is 28.7. The molecule has 0 unspecified atom stereocenters. The van der Waals surface area contributed by atoms with E-state index in [-0.39, 0.29) is 10.6 Å². The van der Waals surface area contributed by atoms with Gasteiger partial charge in [-0.2, -0.15) is 0 Å². The Morgan fingerprint density at radius 2 is 1.48 bits per heavy atom. The highest BCUT2D eigenvalue weighted by molar-refractivity contribution is 7.90. The third-order valence-corrected chi connectivity index (χ3v) is 5.14. The van der Waals surface area contributed by atoms with Gasteiger partial charge >= 0.3 is 0 Å². The van der Waals surface area contributed by atoms with Crippen LogP contribution in [-0.2, 0) is 9.84 Å². The molecular weight excluding hydrogens is 336 g/mol. The molecule has 0 aromatic heterocycles. The normalized spacial score (nSPS) is 11.3. The lowest BCUT2D eigenvalue weighted by Crippen LogP contribution is -1.96. The second-order valence-electron chi connectivity index (χ2n) is 5.70. The summed E-state index contributed by atoms with van der Waals surface area (Å²) in [4.78, 5) is 0.259. The van der Waals surface area contributed by atoms with E-state index in [0.29, 0.717) is 11.3 Å². The SMILES string of the molecule is COc1ccccc1-c1c(O)cccc1-c1ccc(S(C)(=O)=O)cc1. The molecule has 0 radical (unpaired) electrons. The third kappa shape index (κ3) is 3.37. The van der Waals surface area contributed by atoms with Crippen LogP contribution in [0, 0.1) is 0 Å². The largest absolute Gasteiger partial charge is 0.507 e. The molecular formula is C20H18O4S. The molecule has 128 valence electrons. The van der Waals surface area contributed by atoms with Crippen molar-refractivity contribution in [2.45, 2.75) is 4.90 Å². The highest BCUT2D eigenvalue weighted by Gasteiger charge is 2.16. The summed E-state index contributed by atoms with van der Waals surface area (Å²) in [6, 6.07) is 19.3. The molecule has 4 nitrogen and oxygen atoms in total. The molecule has 0 atom stereocenters. The minimum Gasteiger partial charge on any atom is -0.507 e. The van der Waals surface area contributed by atoms with Crippen LogP contribution in [0.1, 0.15) is 0 Å². The van der Waals surface area contributed by atoms with Gasteiger partial charge in [-0.25, -0.2) is 8.42 Å². The van der Waals surface area contributed by atoms with Gasteiger partial charge in [0, 0.05) is 17.4 Å². The molecule has 1 N–H and O–H groups in total. The van der Waals surface area contributed by atoms with E-state index in [1.54, 1.807) is 43.5 Å². The van der Waals surface area contributed by atoms with Crippen molar-refractivity contribution < 1.29 is 18.3 Å². The summed E-state index contributed by atoms with van der Waals surface area (Å²) in [5, 5.41) is 10.5. The smallest absolute Gasteiger partial charge is 0.175 e. The maximum Gasteiger partial charge on any atom is 0.175 e. The maximum absolute atomic E-state index is 11.7. The number of hydrogen-bond acceptors (Lipinski definition) is 4. The molecule has 5 heteroatoms. The summed E-state index contributed by atoms with van der Waals surface area (Å²) in [6.45, 7) is 0. The Bertz CT molecular complexity index is 1010. The minimum absolute atomic E-state index is 0.134. The van der Waals surface area contributed by atoms with Gasteiger partial charge in [-0.15, -0.1) is 0 Å². The zero-order valence-electron chi connectivity index (χ0n) is 13.9. The molecule has 0 spiro atoms. The Labute approximate surface area is 147 Å². The van der Waals surface area contributed by atoms with Gasteiger partial charge < -0.3 is 9.84 Å². The fourth-order valence-electron chi connectivity index (χ4n) is 2.80. The monoisotopic (exact) mass is 354 g/mol. The molecule has 0 saturated heterocycles. The fourth-order valence-corrected chi connectivity index (χ4v) is 3.43. The number of sulfone groups is 1. The Kier molecular flexibility index (Phi) is 4.51. The van der Waals surface area contributed by atoms with E-state index < -0.39 is 9.84 Å². The van der Waals surface area contributed by atoms with Crippen LogP contribution >= 0.6 is 0 Å². The van der Waals surface area contributed by atoms with Gasteiger partial charge in [-0.05, 0) is 35.4 Å².